The first-order valence-corrected chi connectivity index (χ1v) is 3.75. The van der Waals surface area contributed by atoms with Crippen molar-refractivity contribution in [3.05, 3.63) is 0 Å². The van der Waals surface area contributed by atoms with Crippen molar-refractivity contribution in [1.29, 1.82) is 0 Å². The summed E-state index contributed by atoms with van der Waals surface area (Å²) >= 11 is 0. The van der Waals surface area contributed by atoms with Crippen LogP contribution in [0.3, 0.4) is 0 Å². The predicted octanol–water partition coefficient (Wildman–Crippen LogP) is -0.774. The van der Waals surface area contributed by atoms with E-state index in [0.29, 0.717) is 0 Å². The highest BCUT2D eigenvalue weighted by Gasteiger charge is 2.00. The van der Waals surface area contributed by atoms with Crippen LogP contribution in [-0.4, -0.2) is 27.9 Å². The third kappa shape index (κ3) is 4.79. The van der Waals surface area contributed by atoms with Gasteiger partial charge in [-0.2, -0.15) is 0 Å². The van der Waals surface area contributed by atoms with E-state index in [1.54, 1.807) is 8.05 Å². The monoisotopic (exact) mass is 144 g/mol. The van der Waals surface area contributed by atoms with Gasteiger partial charge in [0.1, 0.15) is 0 Å². The summed E-state index contributed by atoms with van der Waals surface area (Å²) in [5.74, 6) is 0. The van der Waals surface area contributed by atoms with E-state index in [1.165, 1.54) is 0 Å². The van der Waals surface area contributed by atoms with Gasteiger partial charge in [-0.05, 0) is 32.9 Å². The van der Waals surface area contributed by atoms with E-state index in [-0.39, 0.29) is 6.23 Å². The Morgan fingerprint density at radius 1 is 1.60 bits per heavy atom. The molecule has 1 unspecified atom stereocenters. The fourth-order valence-corrected chi connectivity index (χ4v) is 0.854. The zero-order valence-corrected chi connectivity index (χ0v) is 6.89. The Kier molecular flexibility index (Phi) is 7.02. The van der Waals surface area contributed by atoms with Crippen molar-refractivity contribution in [3.63, 3.8) is 0 Å². The molecule has 10 heavy (non-hydrogen) atoms. The second kappa shape index (κ2) is 7.06. The predicted molar refractivity (Wildman–Crippen MR) is 45.4 cm³/mol. The molecular formula is C6H17BN2O. The first-order chi connectivity index (χ1) is 4.85. The maximum atomic E-state index is 5.34. The molecule has 4 heteroatoms. The average molecular weight is 144 g/mol. The van der Waals surface area contributed by atoms with Gasteiger partial charge in [-0.1, -0.05) is 0 Å². The molecule has 0 saturated carbocycles. The van der Waals surface area contributed by atoms with E-state index in [2.05, 4.69) is 5.32 Å². The molecule has 0 spiro atoms. The van der Waals surface area contributed by atoms with Crippen LogP contribution in [0.4, 0.5) is 0 Å². The lowest BCUT2D eigenvalue weighted by molar-refractivity contribution is 0.176. The molecule has 0 bridgehead atoms. The summed E-state index contributed by atoms with van der Waals surface area (Å²) in [7, 11) is 3.61. The number of nitrogens with one attached hydrogen (secondary N) is 1. The summed E-state index contributed by atoms with van der Waals surface area (Å²) in [5, 5.41) is 3.05. The SMILES string of the molecule is BOC(CCCCN)NC. The highest BCUT2D eigenvalue weighted by Crippen LogP contribution is 1.98. The number of unbranched alkanes of at least 4 members (excludes halogenated alkanes) is 1. The Balaban J connectivity index is 3.09. The fraction of sp³-hybridized carbons (Fsp3) is 1.00. The maximum Gasteiger partial charge on any atom is 0.259 e. The molecule has 0 rings (SSSR count). The minimum atomic E-state index is 0.201. The van der Waals surface area contributed by atoms with E-state index in [9.17, 15) is 0 Å². The molecule has 0 aliphatic heterocycles. The molecule has 0 aromatic rings. The molecule has 1 atom stereocenters. The molecule has 60 valence electrons. The quantitative estimate of drug-likeness (QED) is 0.292. The van der Waals surface area contributed by atoms with Crippen LogP contribution in [0.2, 0.25) is 0 Å². The summed E-state index contributed by atoms with van der Waals surface area (Å²) in [6, 6.07) is 0. The van der Waals surface area contributed by atoms with Gasteiger partial charge in [0.15, 0.2) is 0 Å². The zero-order valence-electron chi connectivity index (χ0n) is 6.89. The minimum absolute atomic E-state index is 0.201. The van der Waals surface area contributed by atoms with E-state index in [4.69, 9.17) is 10.4 Å². The van der Waals surface area contributed by atoms with Crippen LogP contribution < -0.4 is 11.1 Å². The summed E-state index contributed by atoms with van der Waals surface area (Å²) in [6.07, 6.45) is 3.47. The van der Waals surface area contributed by atoms with Crippen LogP contribution in [0, 0.1) is 0 Å². The molecule has 0 aliphatic carbocycles. The molecular weight excluding hydrogens is 127 g/mol. The lowest BCUT2D eigenvalue weighted by Crippen LogP contribution is -2.27. The topological polar surface area (TPSA) is 47.3 Å². The van der Waals surface area contributed by atoms with Gasteiger partial charge in [-0.3, -0.25) is 5.32 Å². The van der Waals surface area contributed by atoms with Gasteiger partial charge in [-0.25, -0.2) is 0 Å². The normalized spacial score (nSPS) is 13.4. The third-order valence-corrected chi connectivity index (χ3v) is 1.53. The molecule has 0 amide bonds. The third-order valence-electron chi connectivity index (χ3n) is 1.53. The Morgan fingerprint density at radius 3 is 2.70 bits per heavy atom. The van der Waals surface area contributed by atoms with Crippen molar-refractivity contribution in [1.82, 2.24) is 5.32 Å². The minimum Gasteiger partial charge on any atom is -0.430 e. The molecule has 0 heterocycles. The molecule has 3 N–H and O–H groups in total. The molecule has 0 aliphatic rings. The first-order valence-electron chi connectivity index (χ1n) is 3.75. The fourth-order valence-electron chi connectivity index (χ4n) is 0.854. The lowest BCUT2D eigenvalue weighted by atomic mass is 10.2. The highest BCUT2D eigenvalue weighted by molar-refractivity contribution is 5.98. The van der Waals surface area contributed by atoms with Gasteiger partial charge in [-0.15, -0.1) is 0 Å². The van der Waals surface area contributed by atoms with Crippen LogP contribution in [0.15, 0.2) is 0 Å². The summed E-state index contributed by atoms with van der Waals surface area (Å²) in [4.78, 5) is 0. The smallest absolute Gasteiger partial charge is 0.259 e. The highest BCUT2D eigenvalue weighted by atomic mass is 16.4. The van der Waals surface area contributed by atoms with E-state index < -0.39 is 0 Å². The van der Waals surface area contributed by atoms with Crippen LogP contribution >= 0.6 is 0 Å². The largest absolute Gasteiger partial charge is 0.430 e. The van der Waals surface area contributed by atoms with Crippen LogP contribution in [0.25, 0.3) is 0 Å². The lowest BCUT2D eigenvalue weighted by Gasteiger charge is -2.13. The van der Waals surface area contributed by atoms with Gasteiger partial charge in [0, 0.05) is 0 Å². The van der Waals surface area contributed by atoms with Crippen molar-refractivity contribution >= 4 is 8.05 Å². The second-order valence-electron chi connectivity index (χ2n) is 2.30. The van der Waals surface area contributed by atoms with Crippen LogP contribution in [0.5, 0.6) is 0 Å². The van der Waals surface area contributed by atoms with Gasteiger partial charge < -0.3 is 10.4 Å². The summed E-state index contributed by atoms with van der Waals surface area (Å²) in [5.41, 5.74) is 5.34. The molecule has 0 radical (unpaired) electrons. The van der Waals surface area contributed by atoms with Crippen molar-refractivity contribution in [2.45, 2.75) is 25.5 Å². The Morgan fingerprint density at radius 2 is 2.30 bits per heavy atom. The molecule has 0 fully saturated rings. The van der Waals surface area contributed by atoms with Gasteiger partial charge in [0.25, 0.3) is 8.05 Å². The van der Waals surface area contributed by atoms with Crippen molar-refractivity contribution < 1.29 is 4.65 Å². The van der Waals surface area contributed by atoms with Gasteiger partial charge >= 0.3 is 0 Å². The van der Waals surface area contributed by atoms with Gasteiger partial charge in [0.05, 0.1) is 6.23 Å². The average Bonchev–Trinajstić information content (AvgIpc) is 1.99. The standard InChI is InChI=1S/C6H17BN2O/c1-9-6(10-7)4-2-3-5-8/h6,9H,2-5,7-8H2,1H3. The number of hydrogen-bond acceptors (Lipinski definition) is 3. The van der Waals surface area contributed by atoms with E-state index >= 15 is 0 Å². The molecule has 0 aromatic carbocycles. The number of rotatable bonds is 6. The Bertz CT molecular complexity index is 68.8. The van der Waals surface area contributed by atoms with Crippen molar-refractivity contribution in [3.8, 4) is 0 Å². The Labute approximate surface area is 63.8 Å². The molecule has 0 aromatic heterocycles. The first kappa shape index (κ1) is 9.94. The number of hydrogen-bond donors (Lipinski definition) is 2. The molecule has 0 saturated heterocycles. The Hall–Kier alpha value is -0.0551. The zero-order chi connectivity index (χ0) is 7.82. The van der Waals surface area contributed by atoms with Gasteiger partial charge in [0.2, 0.25) is 0 Å². The van der Waals surface area contributed by atoms with Crippen molar-refractivity contribution in [2.75, 3.05) is 13.6 Å². The summed E-state index contributed by atoms with van der Waals surface area (Å²) < 4.78 is 5.09. The molecule has 3 nitrogen and oxygen atoms in total. The maximum absolute atomic E-state index is 5.34. The second-order valence-corrected chi connectivity index (χ2v) is 2.30. The van der Waals surface area contributed by atoms with Crippen LogP contribution in [0.1, 0.15) is 19.3 Å². The summed E-state index contributed by atoms with van der Waals surface area (Å²) in [6.45, 7) is 0.778. The number of nitrogens with two attached hydrogens (primary N) is 1. The van der Waals surface area contributed by atoms with Crippen LogP contribution in [-0.2, 0) is 4.65 Å². The van der Waals surface area contributed by atoms with E-state index in [0.717, 1.165) is 25.8 Å². The van der Waals surface area contributed by atoms with E-state index in [1.807, 2.05) is 7.05 Å². The van der Waals surface area contributed by atoms with Crippen molar-refractivity contribution in [2.24, 2.45) is 5.73 Å².